The fraction of sp³-hybridized carbons (Fsp3) is 0.105. The molecule has 0 atom stereocenters. The van der Waals surface area contributed by atoms with Crippen LogP contribution in [0.1, 0.15) is 26.4 Å². The third-order valence-corrected chi connectivity index (χ3v) is 4.76. The van der Waals surface area contributed by atoms with E-state index in [1.54, 1.807) is 31.2 Å². The number of carbonyl (C=O) groups is 2. The number of esters is 1. The maximum Gasteiger partial charge on any atom is 0.343 e. The molecule has 2 aromatic carbocycles. The summed E-state index contributed by atoms with van der Waals surface area (Å²) in [6, 6.07) is 16.2. The number of aromatic nitrogens is 2. The van der Waals surface area contributed by atoms with Gasteiger partial charge >= 0.3 is 5.97 Å². The molecule has 3 rings (SSSR count). The molecular formula is C19H14BrClN2O3. The fourth-order valence-electron chi connectivity index (χ4n) is 2.44. The lowest BCUT2D eigenvalue weighted by atomic mass is 10.1. The number of carbonyl (C=O) groups excluding carboxylic acids is 2. The zero-order valence-electron chi connectivity index (χ0n) is 13.8. The molecule has 0 radical (unpaired) electrons. The predicted octanol–water partition coefficient (Wildman–Crippen LogP) is 4.64. The number of para-hydroxylation sites is 1. The van der Waals surface area contributed by atoms with Crippen molar-refractivity contribution in [1.29, 1.82) is 0 Å². The Morgan fingerprint density at radius 2 is 1.77 bits per heavy atom. The Hall–Kier alpha value is -2.44. The molecule has 0 bridgehead atoms. The molecule has 1 heterocycles. The minimum Gasteiger partial charge on any atom is -0.454 e. The molecule has 0 aliphatic rings. The standard InChI is InChI=1S/C19H14BrClN2O3/c1-12-17(18(21)23(22-12)13-7-3-2-4-8-13)19(25)26-11-16(24)14-9-5-6-10-15(14)20/h2-10H,11H2,1H3. The lowest BCUT2D eigenvalue weighted by Gasteiger charge is -2.06. The van der Waals surface area contributed by atoms with Crippen LogP contribution >= 0.6 is 27.5 Å². The minimum absolute atomic E-state index is 0.145. The van der Waals surface area contributed by atoms with Gasteiger partial charge in [-0.1, -0.05) is 63.9 Å². The maximum atomic E-state index is 12.4. The van der Waals surface area contributed by atoms with Crippen LogP contribution in [-0.4, -0.2) is 28.1 Å². The minimum atomic E-state index is -0.685. The summed E-state index contributed by atoms with van der Waals surface area (Å²) in [6.45, 7) is 1.28. The summed E-state index contributed by atoms with van der Waals surface area (Å²) >= 11 is 9.63. The summed E-state index contributed by atoms with van der Waals surface area (Å²) in [4.78, 5) is 24.7. The number of ether oxygens (including phenoxy) is 1. The van der Waals surface area contributed by atoms with Crippen LogP contribution < -0.4 is 0 Å². The second kappa shape index (κ2) is 7.85. The van der Waals surface area contributed by atoms with E-state index < -0.39 is 5.97 Å². The van der Waals surface area contributed by atoms with Crippen LogP contribution in [0.25, 0.3) is 5.69 Å². The average molecular weight is 434 g/mol. The van der Waals surface area contributed by atoms with Crippen molar-refractivity contribution in [2.45, 2.75) is 6.92 Å². The van der Waals surface area contributed by atoms with Gasteiger partial charge in [0, 0.05) is 10.0 Å². The highest BCUT2D eigenvalue weighted by atomic mass is 79.9. The molecule has 5 nitrogen and oxygen atoms in total. The quantitative estimate of drug-likeness (QED) is 0.434. The first kappa shape index (κ1) is 18.4. The molecule has 0 fully saturated rings. The predicted molar refractivity (Wildman–Crippen MR) is 102 cm³/mol. The van der Waals surface area contributed by atoms with E-state index in [-0.39, 0.29) is 23.1 Å². The zero-order chi connectivity index (χ0) is 18.7. The van der Waals surface area contributed by atoms with E-state index in [9.17, 15) is 9.59 Å². The van der Waals surface area contributed by atoms with Crippen LogP contribution in [0, 0.1) is 6.92 Å². The summed E-state index contributed by atoms with van der Waals surface area (Å²) in [5.74, 6) is -0.995. The Labute approximate surface area is 163 Å². The first-order valence-corrected chi connectivity index (χ1v) is 8.91. The van der Waals surface area contributed by atoms with Crippen molar-refractivity contribution in [1.82, 2.24) is 9.78 Å². The normalized spacial score (nSPS) is 10.6. The third kappa shape index (κ3) is 3.71. The topological polar surface area (TPSA) is 61.2 Å². The van der Waals surface area contributed by atoms with Crippen LogP contribution in [0.5, 0.6) is 0 Å². The number of rotatable bonds is 5. The van der Waals surface area contributed by atoms with E-state index in [1.165, 1.54) is 4.68 Å². The second-order valence-corrected chi connectivity index (χ2v) is 6.69. The van der Waals surface area contributed by atoms with Gasteiger partial charge < -0.3 is 4.74 Å². The number of aryl methyl sites for hydroxylation is 1. The molecule has 132 valence electrons. The zero-order valence-corrected chi connectivity index (χ0v) is 16.1. The SMILES string of the molecule is Cc1nn(-c2ccccc2)c(Cl)c1C(=O)OCC(=O)c1ccccc1Br. The molecule has 3 aromatic rings. The average Bonchev–Trinajstić information content (AvgIpc) is 2.95. The summed E-state index contributed by atoms with van der Waals surface area (Å²) < 4.78 is 7.27. The molecule has 0 unspecified atom stereocenters. The van der Waals surface area contributed by atoms with Crippen LogP contribution in [0.2, 0.25) is 5.15 Å². The Kier molecular flexibility index (Phi) is 5.54. The molecule has 0 aliphatic heterocycles. The number of halogens is 2. The van der Waals surface area contributed by atoms with E-state index in [2.05, 4.69) is 21.0 Å². The van der Waals surface area contributed by atoms with Crippen LogP contribution in [0.3, 0.4) is 0 Å². The van der Waals surface area contributed by atoms with Crippen molar-refractivity contribution < 1.29 is 14.3 Å². The highest BCUT2D eigenvalue weighted by Gasteiger charge is 2.23. The molecule has 0 saturated heterocycles. The number of hydrogen-bond donors (Lipinski definition) is 0. The van der Waals surface area contributed by atoms with Crippen LogP contribution in [-0.2, 0) is 4.74 Å². The summed E-state index contributed by atoms with van der Waals surface area (Å²) in [6.07, 6.45) is 0. The Morgan fingerprint density at radius 1 is 1.12 bits per heavy atom. The van der Waals surface area contributed by atoms with Gasteiger partial charge in [0.05, 0.1) is 11.4 Å². The van der Waals surface area contributed by atoms with Gasteiger partial charge in [-0.2, -0.15) is 5.10 Å². The largest absolute Gasteiger partial charge is 0.454 e. The second-order valence-electron chi connectivity index (χ2n) is 5.48. The van der Waals surface area contributed by atoms with E-state index in [0.717, 1.165) is 5.69 Å². The monoisotopic (exact) mass is 432 g/mol. The van der Waals surface area contributed by atoms with Crippen LogP contribution in [0.15, 0.2) is 59.1 Å². The van der Waals surface area contributed by atoms with E-state index in [4.69, 9.17) is 16.3 Å². The number of hydrogen-bond acceptors (Lipinski definition) is 4. The smallest absolute Gasteiger partial charge is 0.343 e. The first-order valence-electron chi connectivity index (χ1n) is 7.74. The van der Waals surface area contributed by atoms with Crippen molar-refractivity contribution >= 4 is 39.3 Å². The summed E-state index contributed by atoms with van der Waals surface area (Å²) in [7, 11) is 0. The Bertz CT molecular complexity index is 970. The van der Waals surface area contributed by atoms with Gasteiger partial charge in [-0.25, -0.2) is 9.48 Å². The fourth-order valence-corrected chi connectivity index (χ4v) is 3.29. The highest BCUT2D eigenvalue weighted by molar-refractivity contribution is 9.10. The third-order valence-electron chi connectivity index (χ3n) is 3.72. The molecule has 7 heteroatoms. The van der Waals surface area contributed by atoms with Crippen molar-refractivity contribution in [3.8, 4) is 5.69 Å². The van der Waals surface area contributed by atoms with Crippen molar-refractivity contribution in [2.75, 3.05) is 6.61 Å². The molecule has 0 saturated carbocycles. The van der Waals surface area contributed by atoms with Gasteiger partial charge in [0.25, 0.3) is 0 Å². The molecule has 26 heavy (non-hydrogen) atoms. The van der Waals surface area contributed by atoms with Gasteiger partial charge in [-0.15, -0.1) is 0 Å². The lowest BCUT2D eigenvalue weighted by Crippen LogP contribution is -2.15. The van der Waals surface area contributed by atoms with Gasteiger partial charge in [-0.05, 0) is 25.1 Å². The van der Waals surface area contributed by atoms with Crippen LogP contribution in [0.4, 0.5) is 0 Å². The molecule has 1 aromatic heterocycles. The number of benzene rings is 2. The molecule has 0 N–H and O–H groups in total. The van der Waals surface area contributed by atoms with Gasteiger partial charge in [0.15, 0.2) is 6.61 Å². The summed E-state index contributed by atoms with van der Waals surface area (Å²) in [5.41, 5.74) is 1.75. The van der Waals surface area contributed by atoms with E-state index in [1.807, 2.05) is 30.3 Å². The van der Waals surface area contributed by atoms with Crippen molar-refractivity contribution in [2.24, 2.45) is 0 Å². The van der Waals surface area contributed by atoms with Gasteiger partial charge in [0.2, 0.25) is 5.78 Å². The Morgan fingerprint density at radius 3 is 2.46 bits per heavy atom. The number of Topliss-reactive ketones (excluding diaryl/α,β-unsaturated/α-hetero) is 1. The van der Waals surface area contributed by atoms with Gasteiger partial charge in [-0.3, -0.25) is 4.79 Å². The molecule has 0 spiro atoms. The maximum absolute atomic E-state index is 12.4. The lowest BCUT2D eigenvalue weighted by molar-refractivity contribution is 0.0474. The number of nitrogens with zero attached hydrogens (tertiary/aromatic N) is 2. The van der Waals surface area contributed by atoms with Gasteiger partial charge in [0.1, 0.15) is 10.7 Å². The number of ketones is 1. The molecular weight excluding hydrogens is 420 g/mol. The molecule has 0 aliphatic carbocycles. The van der Waals surface area contributed by atoms with E-state index in [0.29, 0.717) is 15.7 Å². The van der Waals surface area contributed by atoms with Crippen molar-refractivity contribution in [3.05, 3.63) is 81.0 Å². The van der Waals surface area contributed by atoms with E-state index >= 15 is 0 Å². The molecule has 0 amide bonds. The Balaban J connectivity index is 1.78. The summed E-state index contributed by atoms with van der Waals surface area (Å²) in [5, 5.41) is 4.44. The van der Waals surface area contributed by atoms with Crippen molar-refractivity contribution in [3.63, 3.8) is 0 Å². The highest BCUT2D eigenvalue weighted by Crippen LogP contribution is 2.24. The first-order chi connectivity index (χ1) is 12.5.